The van der Waals surface area contributed by atoms with E-state index in [0.717, 1.165) is 25.2 Å². The molecule has 0 radical (unpaired) electrons. The van der Waals surface area contributed by atoms with Crippen LogP contribution < -0.4 is 10.1 Å². The quantitative estimate of drug-likeness (QED) is 0.848. The number of likely N-dealkylation sites (N-methyl/N-ethyl adjacent to an activating group) is 1. The highest BCUT2D eigenvalue weighted by atomic mass is 16.5. The van der Waals surface area contributed by atoms with Crippen LogP contribution >= 0.6 is 0 Å². The Balaban J connectivity index is 1.62. The summed E-state index contributed by atoms with van der Waals surface area (Å²) in [5.74, 6) is 0. The standard InChI is InChI=1S/C13H20N4O/c1-17-6-2-3-11(17)9-18-13-15-7-10-4-5-14-8-12(10)16-13/h7,11,14H,2-6,8-9H2,1H3/t11-/m0/s1. The molecule has 0 spiro atoms. The molecule has 1 aromatic rings. The zero-order chi connectivity index (χ0) is 12.4. The summed E-state index contributed by atoms with van der Waals surface area (Å²) in [5.41, 5.74) is 2.34. The van der Waals surface area contributed by atoms with Gasteiger partial charge in [-0.25, -0.2) is 4.98 Å². The van der Waals surface area contributed by atoms with Crippen molar-refractivity contribution in [1.82, 2.24) is 20.2 Å². The highest BCUT2D eigenvalue weighted by Crippen LogP contribution is 2.17. The molecule has 0 saturated carbocycles. The lowest BCUT2D eigenvalue weighted by atomic mass is 10.1. The van der Waals surface area contributed by atoms with Gasteiger partial charge in [-0.05, 0) is 45.0 Å². The third kappa shape index (κ3) is 2.47. The molecule has 1 N–H and O–H groups in total. The zero-order valence-electron chi connectivity index (χ0n) is 10.9. The predicted molar refractivity (Wildman–Crippen MR) is 68.6 cm³/mol. The van der Waals surface area contributed by atoms with E-state index in [1.165, 1.54) is 24.9 Å². The number of nitrogens with one attached hydrogen (secondary N) is 1. The summed E-state index contributed by atoms with van der Waals surface area (Å²) in [5, 5.41) is 3.32. The average molecular weight is 248 g/mol. The van der Waals surface area contributed by atoms with Gasteiger partial charge >= 0.3 is 6.01 Å². The first-order chi connectivity index (χ1) is 8.83. The minimum Gasteiger partial charge on any atom is -0.462 e. The van der Waals surface area contributed by atoms with E-state index in [4.69, 9.17) is 4.74 Å². The van der Waals surface area contributed by atoms with Crippen molar-refractivity contribution in [1.29, 1.82) is 0 Å². The summed E-state index contributed by atoms with van der Waals surface area (Å²) >= 11 is 0. The fourth-order valence-corrected chi connectivity index (χ4v) is 2.65. The van der Waals surface area contributed by atoms with Crippen LogP contribution in [0.2, 0.25) is 0 Å². The van der Waals surface area contributed by atoms with Gasteiger partial charge in [0.25, 0.3) is 0 Å². The fourth-order valence-electron chi connectivity index (χ4n) is 2.65. The summed E-state index contributed by atoms with van der Waals surface area (Å²) in [6, 6.07) is 1.04. The molecule has 5 nitrogen and oxygen atoms in total. The highest BCUT2D eigenvalue weighted by molar-refractivity contribution is 5.21. The highest BCUT2D eigenvalue weighted by Gasteiger charge is 2.22. The molecular weight excluding hydrogens is 228 g/mol. The maximum Gasteiger partial charge on any atom is 0.316 e. The summed E-state index contributed by atoms with van der Waals surface area (Å²) in [4.78, 5) is 11.1. The van der Waals surface area contributed by atoms with Gasteiger partial charge in [0.2, 0.25) is 0 Å². The third-order valence-corrected chi connectivity index (χ3v) is 3.87. The first-order valence-corrected chi connectivity index (χ1v) is 6.71. The van der Waals surface area contributed by atoms with Crippen molar-refractivity contribution in [2.24, 2.45) is 0 Å². The topological polar surface area (TPSA) is 50.3 Å². The molecule has 3 rings (SSSR count). The predicted octanol–water partition coefficient (Wildman–Crippen LogP) is 0.595. The monoisotopic (exact) mass is 248 g/mol. The lowest BCUT2D eigenvalue weighted by molar-refractivity contribution is 0.187. The normalized spacial score (nSPS) is 23.9. The van der Waals surface area contributed by atoms with Crippen molar-refractivity contribution in [3.05, 3.63) is 17.5 Å². The van der Waals surface area contributed by atoms with Gasteiger partial charge in [-0.2, -0.15) is 4.98 Å². The molecule has 2 aliphatic rings. The number of aromatic nitrogens is 2. The van der Waals surface area contributed by atoms with Gasteiger partial charge in [0, 0.05) is 18.8 Å². The van der Waals surface area contributed by atoms with E-state index in [-0.39, 0.29) is 0 Å². The van der Waals surface area contributed by atoms with Gasteiger partial charge in [0.1, 0.15) is 6.61 Å². The average Bonchev–Trinajstić information content (AvgIpc) is 2.82. The molecule has 1 saturated heterocycles. The van der Waals surface area contributed by atoms with E-state index in [9.17, 15) is 0 Å². The summed E-state index contributed by atoms with van der Waals surface area (Å²) in [6.45, 7) is 3.71. The van der Waals surface area contributed by atoms with Gasteiger partial charge in [-0.1, -0.05) is 0 Å². The van der Waals surface area contributed by atoms with Crippen LogP contribution in [0.1, 0.15) is 24.1 Å². The van der Waals surface area contributed by atoms with Gasteiger partial charge in [-0.3, -0.25) is 0 Å². The van der Waals surface area contributed by atoms with Crippen molar-refractivity contribution in [2.45, 2.75) is 31.8 Å². The minimum absolute atomic E-state index is 0.516. The number of likely N-dealkylation sites (tertiary alicyclic amines) is 1. The Hall–Kier alpha value is -1.20. The Labute approximate surface area is 108 Å². The number of hydrogen-bond donors (Lipinski definition) is 1. The number of hydrogen-bond acceptors (Lipinski definition) is 5. The molecule has 0 amide bonds. The Kier molecular flexibility index (Phi) is 3.43. The van der Waals surface area contributed by atoms with Gasteiger partial charge < -0.3 is 15.0 Å². The number of rotatable bonds is 3. The first kappa shape index (κ1) is 11.9. The van der Waals surface area contributed by atoms with Crippen LogP contribution in [0.15, 0.2) is 6.20 Å². The molecule has 1 atom stereocenters. The van der Waals surface area contributed by atoms with Crippen LogP contribution in [0.4, 0.5) is 0 Å². The van der Waals surface area contributed by atoms with Crippen molar-refractivity contribution < 1.29 is 4.74 Å². The van der Waals surface area contributed by atoms with Crippen molar-refractivity contribution >= 4 is 0 Å². The van der Waals surface area contributed by atoms with Crippen molar-refractivity contribution in [2.75, 3.05) is 26.7 Å². The Morgan fingerprint density at radius 3 is 3.33 bits per heavy atom. The molecule has 0 aromatic carbocycles. The van der Waals surface area contributed by atoms with E-state index in [0.29, 0.717) is 18.7 Å². The second-order valence-electron chi connectivity index (χ2n) is 5.14. The van der Waals surface area contributed by atoms with Crippen LogP contribution in [0.3, 0.4) is 0 Å². The molecule has 1 fully saturated rings. The summed E-state index contributed by atoms with van der Waals surface area (Å²) < 4.78 is 5.73. The van der Waals surface area contributed by atoms with Gasteiger partial charge in [0.15, 0.2) is 0 Å². The molecule has 0 unspecified atom stereocenters. The van der Waals surface area contributed by atoms with E-state index >= 15 is 0 Å². The molecular formula is C13H20N4O. The SMILES string of the molecule is CN1CCC[C@H]1COc1ncc2c(n1)CNCC2. The maximum absolute atomic E-state index is 5.73. The summed E-state index contributed by atoms with van der Waals surface area (Å²) in [6.07, 6.45) is 5.40. The Bertz CT molecular complexity index is 423. The van der Waals surface area contributed by atoms with Crippen molar-refractivity contribution in [3.63, 3.8) is 0 Å². The lowest BCUT2D eigenvalue weighted by Gasteiger charge is -2.20. The Morgan fingerprint density at radius 1 is 1.56 bits per heavy atom. The van der Waals surface area contributed by atoms with Crippen LogP contribution in [-0.4, -0.2) is 47.7 Å². The zero-order valence-corrected chi connectivity index (χ0v) is 10.9. The first-order valence-electron chi connectivity index (χ1n) is 6.71. The van der Waals surface area contributed by atoms with E-state index in [2.05, 4.69) is 27.2 Å². The van der Waals surface area contributed by atoms with E-state index in [1.807, 2.05) is 6.20 Å². The molecule has 5 heteroatoms. The van der Waals surface area contributed by atoms with E-state index < -0.39 is 0 Å². The summed E-state index contributed by atoms with van der Waals surface area (Å²) in [7, 11) is 2.15. The number of ether oxygens (including phenoxy) is 1. The van der Waals surface area contributed by atoms with Crippen molar-refractivity contribution in [3.8, 4) is 6.01 Å². The van der Waals surface area contributed by atoms with Crippen LogP contribution in [0.5, 0.6) is 6.01 Å². The van der Waals surface area contributed by atoms with Crippen LogP contribution in [-0.2, 0) is 13.0 Å². The second kappa shape index (κ2) is 5.20. The molecule has 1 aromatic heterocycles. The van der Waals surface area contributed by atoms with Gasteiger partial charge in [0.05, 0.1) is 5.69 Å². The number of nitrogens with zero attached hydrogens (tertiary/aromatic N) is 3. The van der Waals surface area contributed by atoms with Crippen LogP contribution in [0, 0.1) is 0 Å². The molecule has 3 heterocycles. The molecule has 98 valence electrons. The molecule has 0 aliphatic carbocycles. The molecule has 0 bridgehead atoms. The lowest BCUT2D eigenvalue weighted by Crippen LogP contribution is -2.31. The minimum atomic E-state index is 0.516. The fraction of sp³-hybridized carbons (Fsp3) is 0.692. The third-order valence-electron chi connectivity index (χ3n) is 3.87. The Morgan fingerprint density at radius 2 is 2.50 bits per heavy atom. The van der Waals surface area contributed by atoms with Crippen LogP contribution in [0.25, 0.3) is 0 Å². The maximum atomic E-state index is 5.73. The number of fused-ring (bicyclic) bond motifs is 1. The second-order valence-corrected chi connectivity index (χ2v) is 5.14. The van der Waals surface area contributed by atoms with E-state index in [1.54, 1.807) is 0 Å². The van der Waals surface area contributed by atoms with Gasteiger partial charge in [-0.15, -0.1) is 0 Å². The smallest absolute Gasteiger partial charge is 0.316 e. The molecule has 2 aliphatic heterocycles. The molecule has 18 heavy (non-hydrogen) atoms. The largest absolute Gasteiger partial charge is 0.462 e.